The minimum absolute atomic E-state index is 0.00116. The summed E-state index contributed by atoms with van der Waals surface area (Å²) in [7, 11) is 0. The van der Waals surface area contributed by atoms with Gasteiger partial charge in [0.15, 0.2) is 0 Å². The smallest absolute Gasteiger partial charge is 0.107 e. The maximum absolute atomic E-state index is 5.03. The van der Waals surface area contributed by atoms with E-state index >= 15 is 0 Å². The Morgan fingerprint density at radius 2 is 1.30 bits per heavy atom. The molecular weight excluding hydrogens is 132 g/mol. The van der Waals surface area contributed by atoms with Gasteiger partial charge in [0.1, 0.15) is 12.2 Å². The molecule has 0 heterocycles. The SMILES string of the molecule is NOC1CCCCC1ON. The Kier molecular flexibility index (Phi) is 3.08. The molecule has 60 valence electrons. The van der Waals surface area contributed by atoms with Gasteiger partial charge in [-0.3, -0.25) is 9.68 Å². The van der Waals surface area contributed by atoms with Gasteiger partial charge in [-0.1, -0.05) is 12.8 Å². The van der Waals surface area contributed by atoms with Crippen molar-refractivity contribution in [3.05, 3.63) is 0 Å². The molecule has 0 bridgehead atoms. The predicted octanol–water partition coefficient (Wildman–Crippen LogP) is 0.0782. The summed E-state index contributed by atoms with van der Waals surface area (Å²) in [4.78, 5) is 9.38. The van der Waals surface area contributed by atoms with Crippen LogP contribution in [0.4, 0.5) is 0 Å². The summed E-state index contributed by atoms with van der Waals surface area (Å²) in [6, 6.07) is 0. The summed E-state index contributed by atoms with van der Waals surface area (Å²) in [6.07, 6.45) is 4.22. The molecule has 0 radical (unpaired) electrons. The first-order valence-corrected chi connectivity index (χ1v) is 3.59. The molecule has 1 rings (SSSR count). The van der Waals surface area contributed by atoms with E-state index < -0.39 is 0 Å². The molecule has 0 aromatic carbocycles. The monoisotopic (exact) mass is 146 g/mol. The molecule has 2 unspecified atom stereocenters. The first-order chi connectivity index (χ1) is 4.88. The largest absolute Gasteiger partial charge is 0.299 e. The molecule has 0 aromatic rings. The first-order valence-electron chi connectivity index (χ1n) is 3.59. The van der Waals surface area contributed by atoms with Crippen LogP contribution in [0.25, 0.3) is 0 Å². The van der Waals surface area contributed by atoms with Crippen LogP contribution < -0.4 is 11.8 Å². The van der Waals surface area contributed by atoms with Crippen LogP contribution in [-0.4, -0.2) is 12.2 Å². The van der Waals surface area contributed by atoms with Crippen molar-refractivity contribution in [2.24, 2.45) is 11.8 Å². The van der Waals surface area contributed by atoms with E-state index in [-0.39, 0.29) is 12.2 Å². The van der Waals surface area contributed by atoms with Crippen molar-refractivity contribution in [2.75, 3.05) is 0 Å². The van der Waals surface area contributed by atoms with Crippen LogP contribution in [0.15, 0.2) is 0 Å². The van der Waals surface area contributed by atoms with Gasteiger partial charge in [0, 0.05) is 0 Å². The van der Waals surface area contributed by atoms with Crippen LogP contribution in [0.3, 0.4) is 0 Å². The van der Waals surface area contributed by atoms with E-state index in [0.29, 0.717) is 0 Å². The maximum Gasteiger partial charge on any atom is 0.107 e. The number of hydrogen-bond donors (Lipinski definition) is 2. The molecule has 2 atom stereocenters. The number of rotatable bonds is 2. The van der Waals surface area contributed by atoms with Gasteiger partial charge in [0.05, 0.1) is 0 Å². The standard InChI is InChI=1S/C6H14N2O2/c7-9-5-3-1-2-4-6(5)10-8/h5-6H,1-4,7-8H2. The third-order valence-electron chi connectivity index (χ3n) is 1.99. The lowest BCUT2D eigenvalue weighted by Crippen LogP contribution is -2.38. The Morgan fingerprint density at radius 1 is 0.900 bits per heavy atom. The van der Waals surface area contributed by atoms with E-state index in [4.69, 9.17) is 11.8 Å². The average Bonchev–Trinajstić information content (AvgIpc) is 2.04. The second kappa shape index (κ2) is 3.88. The van der Waals surface area contributed by atoms with E-state index in [1.54, 1.807) is 0 Å². The highest BCUT2D eigenvalue weighted by atomic mass is 16.7. The third-order valence-corrected chi connectivity index (χ3v) is 1.99. The highest BCUT2D eigenvalue weighted by molar-refractivity contribution is 4.74. The Balaban J connectivity index is 2.34. The number of nitrogens with two attached hydrogens (primary N) is 2. The minimum Gasteiger partial charge on any atom is -0.299 e. The topological polar surface area (TPSA) is 70.5 Å². The molecule has 0 aromatic heterocycles. The van der Waals surface area contributed by atoms with Gasteiger partial charge < -0.3 is 0 Å². The van der Waals surface area contributed by atoms with Gasteiger partial charge in [-0.05, 0) is 12.8 Å². The zero-order chi connectivity index (χ0) is 7.40. The Morgan fingerprint density at radius 3 is 1.60 bits per heavy atom. The first kappa shape index (κ1) is 7.94. The second-order valence-corrected chi connectivity index (χ2v) is 2.63. The van der Waals surface area contributed by atoms with E-state index in [9.17, 15) is 0 Å². The fraction of sp³-hybridized carbons (Fsp3) is 1.00. The van der Waals surface area contributed by atoms with E-state index in [2.05, 4.69) is 9.68 Å². The van der Waals surface area contributed by atoms with Crippen LogP contribution >= 0.6 is 0 Å². The van der Waals surface area contributed by atoms with Gasteiger partial charge in [-0.25, -0.2) is 11.8 Å². The quantitative estimate of drug-likeness (QED) is 0.541. The minimum atomic E-state index is -0.00116. The fourth-order valence-electron chi connectivity index (χ4n) is 1.37. The fourth-order valence-corrected chi connectivity index (χ4v) is 1.37. The summed E-state index contributed by atoms with van der Waals surface area (Å²) < 4.78 is 0. The van der Waals surface area contributed by atoms with Gasteiger partial charge in [-0.15, -0.1) is 0 Å². The van der Waals surface area contributed by atoms with Gasteiger partial charge in [-0.2, -0.15) is 0 Å². The van der Waals surface area contributed by atoms with E-state index in [1.807, 2.05) is 0 Å². The van der Waals surface area contributed by atoms with Crippen LogP contribution in [0.1, 0.15) is 25.7 Å². The molecule has 0 saturated heterocycles. The Hall–Kier alpha value is -0.160. The van der Waals surface area contributed by atoms with Crippen LogP contribution in [-0.2, 0) is 9.68 Å². The van der Waals surface area contributed by atoms with Crippen molar-refractivity contribution < 1.29 is 9.68 Å². The lowest BCUT2D eigenvalue weighted by molar-refractivity contribution is -0.0953. The molecule has 1 aliphatic carbocycles. The summed E-state index contributed by atoms with van der Waals surface area (Å²) >= 11 is 0. The van der Waals surface area contributed by atoms with Crippen LogP contribution in [0.2, 0.25) is 0 Å². The molecule has 4 heteroatoms. The van der Waals surface area contributed by atoms with Gasteiger partial charge in [0.2, 0.25) is 0 Å². The summed E-state index contributed by atoms with van der Waals surface area (Å²) in [5, 5.41) is 0. The summed E-state index contributed by atoms with van der Waals surface area (Å²) in [5.74, 6) is 10.1. The van der Waals surface area contributed by atoms with Crippen molar-refractivity contribution in [2.45, 2.75) is 37.9 Å². The maximum atomic E-state index is 5.03. The molecular formula is C6H14N2O2. The molecule has 4 N–H and O–H groups in total. The molecule has 1 saturated carbocycles. The molecule has 0 aliphatic heterocycles. The van der Waals surface area contributed by atoms with Crippen molar-refractivity contribution in [3.63, 3.8) is 0 Å². The van der Waals surface area contributed by atoms with Gasteiger partial charge in [0.25, 0.3) is 0 Å². The predicted molar refractivity (Wildman–Crippen MR) is 36.6 cm³/mol. The van der Waals surface area contributed by atoms with Crippen molar-refractivity contribution >= 4 is 0 Å². The van der Waals surface area contributed by atoms with Crippen molar-refractivity contribution in [3.8, 4) is 0 Å². The van der Waals surface area contributed by atoms with Crippen LogP contribution in [0.5, 0.6) is 0 Å². The molecule has 10 heavy (non-hydrogen) atoms. The lowest BCUT2D eigenvalue weighted by Gasteiger charge is -2.27. The second-order valence-electron chi connectivity index (χ2n) is 2.63. The molecule has 4 nitrogen and oxygen atoms in total. The average molecular weight is 146 g/mol. The van der Waals surface area contributed by atoms with Crippen molar-refractivity contribution in [1.29, 1.82) is 0 Å². The zero-order valence-electron chi connectivity index (χ0n) is 5.95. The molecule has 1 aliphatic rings. The molecule has 1 fully saturated rings. The normalized spacial score (nSPS) is 34.2. The summed E-state index contributed by atoms with van der Waals surface area (Å²) in [6.45, 7) is 0. The Labute approximate surface area is 60.4 Å². The third kappa shape index (κ3) is 1.67. The molecule has 0 spiro atoms. The Bertz CT molecular complexity index is 87.7. The lowest BCUT2D eigenvalue weighted by atomic mass is 9.95. The van der Waals surface area contributed by atoms with E-state index in [1.165, 1.54) is 0 Å². The van der Waals surface area contributed by atoms with Crippen LogP contribution in [0, 0.1) is 0 Å². The zero-order valence-corrected chi connectivity index (χ0v) is 5.95. The highest BCUT2D eigenvalue weighted by Gasteiger charge is 2.25. The highest BCUT2D eigenvalue weighted by Crippen LogP contribution is 2.21. The van der Waals surface area contributed by atoms with Gasteiger partial charge >= 0.3 is 0 Å². The van der Waals surface area contributed by atoms with Crippen molar-refractivity contribution in [1.82, 2.24) is 0 Å². The summed E-state index contributed by atoms with van der Waals surface area (Å²) in [5.41, 5.74) is 0. The molecule has 0 amide bonds. The van der Waals surface area contributed by atoms with E-state index in [0.717, 1.165) is 25.7 Å². The number of hydrogen-bond acceptors (Lipinski definition) is 4.